The van der Waals surface area contributed by atoms with Crippen LogP contribution in [0.25, 0.3) is 11.1 Å². The van der Waals surface area contributed by atoms with Crippen molar-refractivity contribution in [1.82, 2.24) is 14.8 Å². The average molecular weight is 220 g/mol. The number of rotatable bonds is 3. The van der Waals surface area contributed by atoms with E-state index >= 15 is 0 Å². The summed E-state index contributed by atoms with van der Waals surface area (Å²) in [5.74, 6) is 0.524. The minimum Gasteiger partial charge on any atom is -0.341 e. The minimum absolute atomic E-state index is 0.524. The maximum absolute atomic E-state index is 12.8. The van der Waals surface area contributed by atoms with E-state index in [-0.39, 0.29) is 0 Å². The third-order valence-corrected chi connectivity index (χ3v) is 2.14. The van der Waals surface area contributed by atoms with Crippen molar-refractivity contribution >= 4 is 5.82 Å². The lowest BCUT2D eigenvalue weighted by Gasteiger charge is -2.06. The van der Waals surface area contributed by atoms with Crippen molar-refractivity contribution in [3.8, 4) is 11.1 Å². The minimum atomic E-state index is -1.11. The van der Waals surface area contributed by atoms with Gasteiger partial charge in [0.25, 0.3) is 0 Å². The van der Waals surface area contributed by atoms with E-state index in [4.69, 9.17) is 0 Å². The maximum atomic E-state index is 12.8. The number of hydrogen-bond acceptors (Lipinski definition) is 3. The van der Waals surface area contributed by atoms with E-state index in [0.717, 1.165) is 11.1 Å². The van der Waals surface area contributed by atoms with Crippen LogP contribution in [-0.4, -0.2) is 21.1 Å². The topological polar surface area (TPSA) is 42.7 Å². The monoisotopic (exact) mass is 220 g/mol. The van der Waals surface area contributed by atoms with Crippen LogP contribution in [0, 0.1) is 0 Å². The van der Waals surface area contributed by atoms with Crippen LogP contribution in [0.3, 0.4) is 0 Å². The van der Waals surface area contributed by atoms with Crippen LogP contribution in [0.5, 0.6) is 0 Å². The van der Waals surface area contributed by atoms with Crippen molar-refractivity contribution in [3.63, 3.8) is 0 Å². The summed E-state index contributed by atoms with van der Waals surface area (Å²) in [6, 6.07) is 3.66. The largest absolute Gasteiger partial charge is 0.341 e. The fourth-order valence-electron chi connectivity index (χ4n) is 1.46. The number of pyridine rings is 1. The first-order valence-electron chi connectivity index (χ1n) is 5.01. The molecule has 0 amide bonds. The van der Waals surface area contributed by atoms with Crippen molar-refractivity contribution in [2.75, 3.05) is 5.32 Å². The Balaban J connectivity index is 2.28. The lowest BCUT2D eigenvalue weighted by molar-refractivity contribution is 0.401. The Kier molecular flexibility index (Phi) is 2.85. The standard InChI is InChI=1S/C11H13FN4/c1-8(12)15-11-5-9(3-4-13-11)10-6-14-16(2)7-10/h3-8H,1-2H3,(H,13,15). The zero-order valence-corrected chi connectivity index (χ0v) is 9.18. The maximum Gasteiger partial charge on any atom is 0.168 e. The van der Waals surface area contributed by atoms with Crippen molar-refractivity contribution in [2.45, 2.75) is 13.2 Å². The van der Waals surface area contributed by atoms with Gasteiger partial charge in [-0.1, -0.05) is 0 Å². The first-order valence-corrected chi connectivity index (χ1v) is 5.01. The SMILES string of the molecule is CC(F)Nc1cc(-c2cnn(C)c2)ccn1. The molecule has 1 atom stereocenters. The fraction of sp³-hybridized carbons (Fsp3) is 0.273. The molecule has 5 heteroatoms. The molecule has 0 radical (unpaired) electrons. The second-order valence-electron chi connectivity index (χ2n) is 3.59. The summed E-state index contributed by atoms with van der Waals surface area (Å²) in [5, 5.41) is 6.70. The van der Waals surface area contributed by atoms with Gasteiger partial charge in [-0.15, -0.1) is 0 Å². The van der Waals surface area contributed by atoms with Gasteiger partial charge in [-0.2, -0.15) is 5.10 Å². The summed E-state index contributed by atoms with van der Waals surface area (Å²) in [4.78, 5) is 4.03. The molecule has 2 heterocycles. The molecule has 1 N–H and O–H groups in total. The Morgan fingerprint density at radius 2 is 2.25 bits per heavy atom. The van der Waals surface area contributed by atoms with Gasteiger partial charge in [-0.3, -0.25) is 4.68 Å². The number of alkyl halides is 1. The second kappa shape index (κ2) is 4.30. The molecule has 1 unspecified atom stereocenters. The van der Waals surface area contributed by atoms with E-state index in [1.165, 1.54) is 6.92 Å². The summed E-state index contributed by atoms with van der Waals surface area (Å²) in [6.07, 6.45) is 4.19. The third-order valence-electron chi connectivity index (χ3n) is 2.14. The van der Waals surface area contributed by atoms with Crippen molar-refractivity contribution in [1.29, 1.82) is 0 Å². The van der Waals surface area contributed by atoms with Crippen LogP contribution in [0.1, 0.15) is 6.92 Å². The molecule has 0 bridgehead atoms. The third kappa shape index (κ3) is 2.36. The van der Waals surface area contributed by atoms with Crippen molar-refractivity contribution in [3.05, 3.63) is 30.7 Å². The first kappa shape index (κ1) is 10.6. The van der Waals surface area contributed by atoms with Crippen molar-refractivity contribution in [2.24, 2.45) is 7.05 Å². The number of nitrogens with one attached hydrogen (secondary N) is 1. The Labute approximate surface area is 93.1 Å². The van der Waals surface area contributed by atoms with E-state index in [1.54, 1.807) is 23.1 Å². The van der Waals surface area contributed by atoms with Gasteiger partial charge in [-0.05, 0) is 24.6 Å². The number of nitrogens with zero attached hydrogens (tertiary/aromatic N) is 3. The van der Waals surface area contributed by atoms with Gasteiger partial charge in [0.2, 0.25) is 0 Å². The van der Waals surface area contributed by atoms with Crippen LogP contribution in [0.4, 0.5) is 10.2 Å². The summed E-state index contributed by atoms with van der Waals surface area (Å²) in [6.45, 7) is 1.43. The molecule has 0 fully saturated rings. The lowest BCUT2D eigenvalue weighted by atomic mass is 10.1. The molecule has 0 spiro atoms. The number of halogens is 1. The molecule has 0 aromatic carbocycles. The van der Waals surface area contributed by atoms with Crippen LogP contribution in [0.2, 0.25) is 0 Å². The zero-order chi connectivity index (χ0) is 11.5. The Hall–Kier alpha value is -1.91. The summed E-state index contributed by atoms with van der Waals surface area (Å²) in [5.41, 5.74) is 1.95. The van der Waals surface area contributed by atoms with E-state index in [0.29, 0.717) is 5.82 Å². The fourth-order valence-corrected chi connectivity index (χ4v) is 1.46. The van der Waals surface area contributed by atoms with Gasteiger partial charge < -0.3 is 5.32 Å². The molecule has 0 saturated carbocycles. The normalized spacial score (nSPS) is 12.4. The molecule has 0 saturated heterocycles. The molecule has 84 valence electrons. The van der Waals surface area contributed by atoms with Crippen molar-refractivity contribution < 1.29 is 4.39 Å². The predicted molar refractivity (Wildman–Crippen MR) is 60.6 cm³/mol. The zero-order valence-electron chi connectivity index (χ0n) is 9.18. The smallest absolute Gasteiger partial charge is 0.168 e. The molecule has 0 aliphatic carbocycles. The molecule has 0 aliphatic rings. The summed E-state index contributed by atoms with van der Waals surface area (Å²) >= 11 is 0. The number of aryl methyl sites for hydroxylation is 1. The number of anilines is 1. The number of aromatic nitrogens is 3. The highest BCUT2D eigenvalue weighted by Gasteiger charge is 2.04. The van der Waals surface area contributed by atoms with Gasteiger partial charge in [0.1, 0.15) is 5.82 Å². The lowest BCUT2D eigenvalue weighted by Crippen LogP contribution is -2.09. The van der Waals surface area contributed by atoms with Crippen LogP contribution in [-0.2, 0) is 7.05 Å². The summed E-state index contributed by atoms with van der Waals surface area (Å²) < 4.78 is 14.5. The number of hydrogen-bond donors (Lipinski definition) is 1. The van der Waals surface area contributed by atoms with Gasteiger partial charge in [-0.25, -0.2) is 9.37 Å². The Bertz CT molecular complexity index is 478. The molecule has 16 heavy (non-hydrogen) atoms. The van der Waals surface area contributed by atoms with E-state index in [1.807, 2.05) is 19.3 Å². The molecule has 2 aromatic heterocycles. The molecule has 0 aliphatic heterocycles. The van der Waals surface area contributed by atoms with E-state index < -0.39 is 6.30 Å². The molecule has 2 rings (SSSR count). The average Bonchev–Trinajstić information content (AvgIpc) is 2.64. The van der Waals surface area contributed by atoms with Gasteiger partial charge in [0.15, 0.2) is 6.30 Å². The quantitative estimate of drug-likeness (QED) is 0.806. The van der Waals surface area contributed by atoms with E-state index in [2.05, 4.69) is 15.4 Å². The van der Waals surface area contributed by atoms with Crippen LogP contribution < -0.4 is 5.32 Å². The predicted octanol–water partition coefficient (Wildman–Crippen LogP) is 2.21. The Morgan fingerprint density at radius 1 is 1.44 bits per heavy atom. The Morgan fingerprint density at radius 3 is 2.88 bits per heavy atom. The van der Waals surface area contributed by atoms with Crippen LogP contribution >= 0.6 is 0 Å². The molecule has 2 aromatic rings. The van der Waals surface area contributed by atoms with Gasteiger partial charge >= 0.3 is 0 Å². The van der Waals surface area contributed by atoms with Gasteiger partial charge in [0.05, 0.1) is 6.20 Å². The van der Waals surface area contributed by atoms with Gasteiger partial charge in [0, 0.05) is 25.0 Å². The molecular weight excluding hydrogens is 207 g/mol. The highest BCUT2D eigenvalue weighted by molar-refractivity contribution is 5.64. The highest BCUT2D eigenvalue weighted by atomic mass is 19.1. The molecular formula is C11H13FN4. The summed E-state index contributed by atoms with van der Waals surface area (Å²) in [7, 11) is 1.85. The molecule has 4 nitrogen and oxygen atoms in total. The van der Waals surface area contributed by atoms with E-state index in [9.17, 15) is 4.39 Å². The first-order chi connectivity index (χ1) is 7.65. The highest BCUT2D eigenvalue weighted by Crippen LogP contribution is 2.20. The van der Waals surface area contributed by atoms with Crippen LogP contribution in [0.15, 0.2) is 30.7 Å². The second-order valence-corrected chi connectivity index (χ2v) is 3.59.